The predicted octanol–water partition coefficient (Wildman–Crippen LogP) is 7.54. The second kappa shape index (κ2) is 12.9. The lowest BCUT2D eigenvalue weighted by molar-refractivity contribution is -0.142. The fourth-order valence-corrected chi connectivity index (χ4v) is 3.64. The van der Waals surface area contributed by atoms with Gasteiger partial charge in [-0.25, -0.2) is 0 Å². The van der Waals surface area contributed by atoms with Crippen molar-refractivity contribution in [2.45, 2.75) is 112 Å². The topological polar surface area (TPSA) is 52.6 Å². The van der Waals surface area contributed by atoms with Crippen LogP contribution in [0.3, 0.4) is 0 Å². The van der Waals surface area contributed by atoms with Gasteiger partial charge in [0.2, 0.25) is 0 Å². The van der Waals surface area contributed by atoms with Gasteiger partial charge in [-0.1, -0.05) is 80.2 Å². The number of hydrogen-bond acceptors (Lipinski definition) is 4. The molecule has 0 saturated carbocycles. The summed E-state index contributed by atoms with van der Waals surface area (Å²) in [6, 6.07) is 3.90. The van der Waals surface area contributed by atoms with Gasteiger partial charge in [0, 0.05) is 0 Å². The molecule has 0 aromatic heterocycles. The summed E-state index contributed by atoms with van der Waals surface area (Å²) in [6.07, 6.45) is 7.17. The average molecular weight is 433 g/mol. The number of carbonyl (C=O) groups excluding carboxylic acids is 2. The molecule has 0 N–H and O–H groups in total. The molecule has 0 aliphatic carbocycles. The van der Waals surface area contributed by atoms with E-state index in [-0.39, 0.29) is 29.2 Å². The Hall–Kier alpha value is -1.84. The lowest BCUT2D eigenvalue weighted by atomic mass is 9.86. The molecular weight excluding hydrogens is 388 g/mol. The minimum atomic E-state index is -0.239. The van der Waals surface area contributed by atoms with Gasteiger partial charge in [0.1, 0.15) is 0 Å². The van der Waals surface area contributed by atoms with Crippen LogP contribution in [0.25, 0.3) is 0 Å². The van der Waals surface area contributed by atoms with Crippen molar-refractivity contribution in [2.75, 3.05) is 0 Å². The van der Waals surface area contributed by atoms with E-state index >= 15 is 0 Å². The van der Waals surface area contributed by atoms with Crippen LogP contribution in [0.2, 0.25) is 0 Å². The first kappa shape index (κ1) is 27.2. The summed E-state index contributed by atoms with van der Waals surface area (Å²) in [5.41, 5.74) is 1.75. The van der Waals surface area contributed by atoms with Crippen LogP contribution in [0.4, 0.5) is 0 Å². The summed E-state index contributed by atoms with van der Waals surface area (Å²) >= 11 is 0. The maximum atomic E-state index is 12.9. The first-order valence-electron chi connectivity index (χ1n) is 12.2. The van der Waals surface area contributed by atoms with Gasteiger partial charge < -0.3 is 9.47 Å². The van der Waals surface area contributed by atoms with Crippen molar-refractivity contribution in [3.8, 4) is 11.5 Å². The molecule has 0 aliphatic heterocycles. The monoisotopic (exact) mass is 432 g/mol. The third kappa shape index (κ3) is 8.31. The highest BCUT2D eigenvalue weighted by Gasteiger charge is 2.26. The van der Waals surface area contributed by atoms with Crippen LogP contribution < -0.4 is 9.47 Å². The lowest BCUT2D eigenvalue weighted by Gasteiger charge is -2.24. The molecule has 0 heterocycles. The largest absolute Gasteiger partial charge is 0.422 e. The molecule has 4 nitrogen and oxygen atoms in total. The standard InChI is InChI=1S/C27H44O4/c1-9-13-15-20(11-3)25(28)30-23-18-22(27(6,7)8)17-19(5)24(23)31-26(29)21(12-4)16-14-10-2/h17-18,20-21H,9-16H2,1-8H3. The van der Waals surface area contributed by atoms with E-state index in [1.54, 1.807) is 0 Å². The van der Waals surface area contributed by atoms with E-state index < -0.39 is 0 Å². The van der Waals surface area contributed by atoms with Gasteiger partial charge in [-0.3, -0.25) is 9.59 Å². The molecule has 0 amide bonds. The molecule has 0 bridgehead atoms. The molecule has 1 aromatic rings. The lowest BCUT2D eigenvalue weighted by Crippen LogP contribution is -2.24. The van der Waals surface area contributed by atoms with Crippen LogP contribution in [-0.4, -0.2) is 11.9 Å². The Morgan fingerprint density at radius 1 is 0.839 bits per heavy atom. The number of hydrogen-bond donors (Lipinski definition) is 0. The fraction of sp³-hybridized carbons (Fsp3) is 0.704. The van der Waals surface area contributed by atoms with E-state index in [9.17, 15) is 9.59 Å². The van der Waals surface area contributed by atoms with Gasteiger partial charge in [0.05, 0.1) is 11.8 Å². The second-order valence-corrected chi connectivity index (χ2v) is 9.71. The third-order valence-corrected chi connectivity index (χ3v) is 5.98. The molecular formula is C27H44O4. The Balaban J connectivity index is 3.27. The Bertz CT molecular complexity index is 715. The number of rotatable bonds is 12. The van der Waals surface area contributed by atoms with E-state index in [1.807, 2.05) is 32.9 Å². The quantitative estimate of drug-likeness (QED) is 0.253. The predicted molar refractivity (Wildman–Crippen MR) is 128 cm³/mol. The molecule has 0 radical (unpaired) electrons. The molecule has 4 heteroatoms. The van der Waals surface area contributed by atoms with Gasteiger partial charge in [-0.15, -0.1) is 0 Å². The Kier molecular flexibility index (Phi) is 11.3. The van der Waals surface area contributed by atoms with Crippen LogP contribution in [0.5, 0.6) is 11.5 Å². The first-order valence-corrected chi connectivity index (χ1v) is 12.2. The van der Waals surface area contributed by atoms with Crippen LogP contribution in [-0.2, 0) is 15.0 Å². The zero-order valence-electron chi connectivity index (χ0n) is 21.1. The molecule has 0 fully saturated rings. The first-order chi connectivity index (χ1) is 14.6. The zero-order chi connectivity index (χ0) is 23.6. The molecule has 1 rings (SSSR count). The van der Waals surface area contributed by atoms with E-state index in [0.29, 0.717) is 11.5 Å². The Morgan fingerprint density at radius 3 is 1.74 bits per heavy atom. The van der Waals surface area contributed by atoms with Gasteiger partial charge in [0.15, 0.2) is 11.5 Å². The van der Waals surface area contributed by atoms with Crippen molar-refractivity contribution in [3.05, 3.63) is 23.3 Å². The molecule has 1 aromatic carbocycles. The minimum Gasteiger partial charge on any atom is -0.422 e. The maximum absolute atomic E-state index is 12.9. The normalized spacial score (nSPS) is 13.5. The van der Waals surface area contributed by atoms with E-state index in [2.05, 4.69) is 34.6 Å². The summed E-state index contributed by atoms with van der Waals surface area (Å²) in [5, 5.41) is 0. The summed E-state index contributed by atoms with van der Waals surface area (Å²) < 4.78 is 11.8. The third-order valence-electron chi connectivity index (χ3n) is 5.98. The van der Waals surface area contributed by atoms with Crippen molar-refractivity contribution in [3.63, 3.8) is 0 Å². The highest BCUT2D eigenvalue weighted by atomic mass is 16.6. The number of aryl methyl sites for hydroxylation is 1. The van der Waals surface area contributed by atoms with E-state index in [0.717, 1.165) is 62.5 Å². The van der Waals surface area contributed by atoms with Crippen LogP contribution in [0.15, 0.2) is 12.1 Å². The number of carbonyl (C=O) groups is 2. The van der Waals surface area contributed by atoms with Crippen molar-refractivity contribution in [2.24, 2.45) is 11.8 Å². The number of ether oxygens (including phenoxy) is 2. The zero-order valence-corrected chi connectivity index (χ0v) is 21.1. The molecule has 31 heavy (non-hydrogen) atoms. The maximum Gasteiger partial charge on any atom is 0.314 e. The Labute approximate surface area is 190 Å². The van der Waals surface area contributed by atoms with Crippen LogP contribution >= 0.6 is 0 Å². The van der Waals surface area contributed by atoms with Crippen molar-refractivity contribution >= 4 is 11.9 Å². The smallest absolute Gasteiger partial charge is 0.314 e. The van der Waals surface area contributed by atoms with E-state index in [1.165, 1.54) is 0 Å². The summed E-state index contributed by atoms with van der Waals surface area (Å²) in [7, 11) is 0. The molecule has 0 saturated heterocycles. The summed E-state index contributed by atoms with van der Waals surface area (Å²) in [5.74, 6) is -0.0157. The van der Waals surface area contributed by atoms with Crippen LogP contribution in [0.1, 0.15) is 111 Å². The van der Waals surface area contributed by atoms with Crippen molar-refractivity contribution in [1.82, 2.24) is 0 Å². The highest BCUT2D eigenvalue weighted by molar-refractivity contribution is 5.79. The van der Waals surface area contributed by atoms with Crippen molar-refractivity contribution < 1.29 is 19.1 Å². The summed E-state index contributed by atoms with van der Waals surface area (Å²) in [4.78, 5) is 25.8. The van der Waals surface area contributed by atoms with Gasteiger partial charge in [-0.2, -0.15) is 0 Å². The fourth-order valence-electron chi connectivity index (χ4n) is 3.64. The minimum absolute atomic E-state index is 0.117. The Morgan fingerprint density at radius 2 is 1.32 bits per heavy atom. The average Bonchev–Trinajstić information content (AvgIpc) is 2.70. The molecule has 2 atom stereocenters. The van der Waals surface area contributed by atoms with E-state index in [4.69, 9.17) is 9.47 Å². The number of benzene rings is 1. The van der Waals surface area contributed by atoms with Crippen molar-refractivity contribution in [1.29, 1.82) is 0 Å². The van der Waals surface area contributed by atoms with Gasteiger partial charge in [0.25, 0.3) is 0 Å². The highest BCUT2D eigenvalue weighted by Crippen LogP contribution is 2.38. The second-order valence-electron chi connectivity index (χ2n) is 9.71. The van der Waals surface area contributed by atoms with Gasteiger partial charge >= 0.3 is 11.9 Å². The SMILES string of the molecule is CCCCC(CC)C(=O)Oc1cc(C(C)(C)C)cc(C)c1OC(=O)C(CC)CCCC. The number of unbranched alkanes of at least 4 members (excludes halogenated alkanes) is 2. The van der Waals surface area contributed by atoms with Gasteiger partial charge in [-0.05, 0) is 55.2 Å². The molecule has 176 valence electrons. The van der Waals surface area contributed by atoms with Crippen LogP contribution in [0, 0.1) is 18.8 Å². The summed E-state index contributed by atoms with van der Waals surface area (Å²) in [6.45, 7) is 16.5. The molecule has 0 spiro atoms. The molecule has 0 aliphatic rings. The molecule has 2 unspecified atom stereocenters. The number of esters is 2.